The predicted octanol–water partition coefficient (Wildman–Crippen LogP) is 2.36. The maximum atomic E-state index is 5.17. The molecule has 0 N–H and O–H groups in total. The summed E-state index contributed by atoms with van der Waals surface area (Å²) < 4.78 is 10.3. The lowest BCUT2D eigenvalue weighted by molar-refractivity contribution is 0.412. The molecule has 4 nitrogen and oxygen atoms in total. The number of methoxy groups -OCH3 is 1. The molecule has 1 heterocycles. The van der Waals surface area contributed by atoms with E-state index in [1.54, 1.807) is 14.0 Å². The zero-order valence-corrected chi connectivity index (χ0v) is 8.94. The molecule has 1 aromatic carbocycles. The number of benzene rings is 1. The van der Waals surface area contributed by atoms with Gasteiger partial charge in [0.05, 0.1) is 7.11 Å². The van der Waals surface area contributed by atoms with Gasteiger partial charge in [0.1, 0.15) is 5.75 Å². The van der Waals surface area contributed by atoms with E-state index in [9.17, 15) is 0 Å². The Morgan fingerprint density at radius 1 is 1.20 bits per heavy atom. The molecule has 0 bridgehead atoms. The molecule has 0 saturated carbocycles. The summed E-state index contributed by atoms with van der Waals surface area (Å²) in [6, 6.07) is 5.81. The van der Waals surface area contributed by atoms with Crippen LogP contribution in [-0.2, 0) is 0 Å². The largest absolute Gasteiger partial charge is 0.497 e. The fraction of sp³-hybridized carbons (Fsp3) is 0.273. The maximum absolute atomic E-state index is 5.17. The number of nitrogens with zero attached hydrogens (tertiary/aromatic N) is 2. The van der Waals surface area contributed by atoms with Crippen molar-refractivity contribution in [3.8, 4) is 17.2 Å². The Kier molecular flexibility index (Phi) is 2.41. The van der Waals surface area contributed by atoms with Crippen LogP contribution in [0.2, 0.25) is 0 Å². The second kappa shape index (κ2) is 3.73. The molecule has 0 amide bonds. The van der Waals surface area contributed by atoms with Crippen LogP contribution in [0.3, 0.4) is 0 Å². The maximum Gasteiger partial charge on any atom is 0.258 e. The van der Waals surface area contributed by atoms with Crippen molar-refractivity contribution < 1.29 is 9.26 Å². The van der Waals surface area contributed by atoms with Crippen LogP contribution in [0.25, 0.3) is 11.5 Å². The highest BCUT2D eigenvalue weighted by molar-refractivity contribution is 5.57. The molecule has 0 unspecified atom stereocenters. The molecule has 1 aromatic heterocycles. The first-order valence-electron chi connectivity index (χ1n) is 4.65. The van der Waals surface area contributed by atoms with Crippen molar-refractivity contribution in [1.29, 1.82) is 0 Å². The summed E-state index contributed by atoms with van der Waals surface area (Å²) >= 11 is 0. The smallest absolute Gasteiger partial charge is 0.258 e. The Morgan fingerprint density at radius 3 is 2.60 bits per heavy atom. The molecular formula is C11H12N2O2. The van der Waals surface area contributed by atoms with Crippen molar-refractivity contribution in [2.75, 3.05) is 7.11 Å². The van der Waals surface area contributed by atoms with Crippen molar-refractivity contribution in [2.24, 2.45) is 0 Å². The summed E-state index contributed by atoms with van der Waals surface area (Å²) in [6.45, 7) is 3.79. The van der Waals surface area contributed by atoms with Gasteiger partial charge in [-0.05, 0) is 37.6 Å². The monoisotopic (exact) mass is 204 g/mol. The van der Waals surface area contributed by atoms with Crippen LogP contribution in [-0.4, -0.2) is 17.3 Å². The first-order valence-corrected chi connectivity index (χ1v) is 4.65. The van der Waals surface area contributed by atoms with Crippen LogP contribution in [0, 0.1) is 13.8 Å². The highest BCUT2D eigenvalue weighted by Crippen LogP contribution is 2.24. The number of rotatable bonds is 2. The molecule has 0 spiro atoms. The van der Waals surface area contributed by atoms with E-state index in [-0.39, 0.29) is 0 Å². The molecule has 0 saturated heterocycles. The van der Waals surface area contributed by atoms with E-state index >= 15 is 0 Å². The van der Waals surface area contributed by atoms with Crippen LogP contribution in [0.15, 0.2) is 22.7 Å². The highest BCUT2D eigenvalue weighted by Gasteiger charge is 2.08. The Bertz CT molecular complexity index is 477. The van der Waals surface area contributed by atoms with Gasteiger partial charge in [-0.15, -0.1) is 0 Å². The summed E-state index contributed by atoms with van der Waals surface area (Å²) in [5.41, 5.74) is 1.98. The van der Waals surface area contributed by atoms with E-state index in [4.69, 9.17) is 9.26 Å². The van der Waals surface area contributed by atoms with Gasteiger partial charge >= 0.3 is 0 Å². The van der Waals surface area contributed by atoms with Crippen molar-refractivity contribution in [2.45, 2.75) is 13.8 Å². The second-order valence-corrected chi connectivity index (χ2v) is 3.39. The third kappa shape index (κ3) is 1.98. The van der Waals surface area contributed by atoms with E-state index in [1.165, 1.54) is 0 Å². The van der Waals surface area contributed by atoms with Gasteiger partial charge in [0.25, 0.3) is 5.89 Å². The van der Waals surface area contributed by atoms with Crippen LogP contribution in [0.1, 0.15) is 11.4 Å². The topological polar surface area (TPSA) is 48.2 Å². The fourth-order valence-corrected chi connectivity index (χ4v) is 1.40. The summed E-state index contributed by atoms with van der Waals surface area (Å²) in [4.78, 5) is 4.16. The molecule has 78 valence electrons. The fourth-order valence-electron chi connectivity index (χ4n) is 1.40. The highest BCUT2D eigenvalue weighted by atomic mass is 16.5. The lowest BCUT2D eigenvalue weighted by Crippen LogP contribution is -1.86. The minimum Gasteiger partial charge on any atom is -0.497 e. The molecular weight excluding hydrogens is 192 g/mol. The quantitative estimate of drug-likeness (QED) is 0.753. The van der Waals surface area contributed by atoms with Gasteiger partial charge in [-0.1, -0.05) is 5.16 Å². The Morgan fingerprint density at radius 2 is 2.00 bits per heavy atom. The van der Waals surface area contributed by atoms with Crippen LogP contribution in [0.5, 0.6) is 5.75 Å². The summed E-state index contributed by atoms with van der Waals surface area (Å²) in [7, 11) is 1.64. The number of hydrogen-bond donors (Lipinski definition) is 0. The molecule has 0 atom stereocenters. The Labute approximate surface area is 87.9 Å². The van der Waals surface area contributed by atoms with E-state index < -0.39 is 0 Å². The van der Waals surface area contributed by atoms with Crippen LogP contribution in [0.4, 0.5) is 0 Å². The molecule has 0 aliphatic carbocycles. The standard InChI is InChI=1S/C11H12N2O2/c1-7-4-9(6-10(5-7)14-3)11-12-8(2)13-15-11/h4-6H,1-3H3. The molecule has 0 aliphatic rings. The Hall–Kier alpha value is -1.84. The average Bonchev–Trinajstić information content (AvgIpc) is 2.64. The third-order valence-corrected chi connectivity index (χ3v) is 2.06. The van der Waals surface area contributed by atoms with Crippen molar-refractivity contribution in [3.05, 3.63) is 29.6 Å². The van der Waals surface area contributed by atoms with Crippen molar-refractivity contribution >= 4 is 0 Å². The average molecular weight is 204 g/mol. The molecule has 0 radical (unpaired) electrons. The van der Waals surface area contributed by atoms with Crippen LogP contribution < -0.4 is 4.74 Å². The summed E-state index contributed by atoms with van der Waals surface area (Å²) in [5, 5.41) is 3.75. The van der Waals surface area contributed by atoms with Gasteiger partial charge < -0.3 is 9.26 Å². The normalized spacial score (nSPS) is 10.3. The molecule has 15 heavy (non-hydrogen) atoms. The molecule has 0 fully saturated rings. The molecule has 4 heteroatoms. The zero-order chi connectivity index (χ0) is 10.8. The van der Waals surface area contributed by atoms with E-state index in [0.717, 1.165) is 16.9 Å². The first-order chi connectivity index (χ1) is 7.19. The lowest BCUT2D eigenvalue weighted by atomic mass is 10.1. The Balaban J connectivity index is 2.48. The molecule has 0 aliphatic heterocycles. The molecule has 2 rings (SSSR count). The minimum absolute atomic E-state index is 0.523. The third-order valence-electron chi connectivity index (χ3n) is 2.06. The first kappa shape index (κ1) is 9.71. The number of ether oxygens (including phenoxy) is 1. The number of aryl methyl sites for hydroxylation is 2. The van der Waals surface area contributed by atoms with Crippen molar-refractivity contribution in [3.63, 3.8) is 0 Å². The predicted molar refractivity (Wildman–Crippen MR) is 55.8 cm³/mol. The minimum atomic E-state index is 0.523. The molecule has 2 aromatic rings. The number of hydrogen-bond acceptors (Lipinski definition) is 4. The SMILES string of the molecule is COc1cc(C)cc(-c2nc(C)no2)c1. The van der Waals surface area contributed by atoms with Gasteiger partial charge in [-0.2, -0.15) is 4.98 Å². The zero-order valence-electron chi connectivity index (χ0n) is 8.94. The number of aromatic nitrogens is 2. The summed E-state index contributed by atoms with van der Waals surface area (Å²) in [5.74, 6) is 1.95. The van der Waals surface area contributed by atoms with Gasteiger partial charge in [-0.25, -0.2) is 0 Å². The van der Waals surface area contributed by atoms with Gasteiger partial charge in [-0.3, -0.25) is 0 Å². The second-order valence-electron chi connectivity index (χ2n) is 3.39. The lowest BCUT2D eigenvalue weighted by Gasteiger charge is -2.03. The van der Waals surface area contributed by atoms with Crippen LogP contribution >= 0.6 is 0 Å². The summed E-state index contributed by atoms with van der Waals surface area (Å²) in [6.07, 6.45) is 0. The van der Waals surface area contributed by atoms with Crippen molar-refractivity contribution in [1.82, 2.24) is 10.1 Å². The van der Waals surface area contributed by atoms with Gasteiger partial charge in [0.15, 0.2) is 5.82 Å². The van der Waals surface area contributed by atoms with E-state index in [0.29, 0.717) is 11.7 Å². The van der Waals surface area contributed by atoms with Gasteiger partial charge in [0.2, 0.25) is 0 Å². The van der Waals surface area contributed by atoms with E-state index in [1.807, 2.05) is 25.1 Å². The van der Waals surface area contributed by atoms with Gasteiger partial charge in [0, 0.05) is 5.56 Å². The van der Waals surface area contributed by atoms with E-state index in [2.05, 4.69) is 10.1 Å².